The van der Waals surface area contributed by atoms with Gasteiger partial charge in [0.05, 0.1) is 12.2 Å². The largest absolute Gasteiger partial charge is 0.481 e. The number of carbonyl (C=O) groups excluding carboxylic acids is 1. The lowest BCUT2D eigenvalue weighted by Gasteiger charge is -2.19. The Morgan fingerprint density at radius 3 is 2.69 bits per heavy atom. The van der Waals surface area contributed by atoms with Crippen molar-refractivity contribution in [3.8, 4) is 0 Å². The Labute approximate surface area is 156 Å². The fourth-order valence-electron chi connectivity index (χ4n) is 3.39. The van der Waals surface area contributed by atoms with Gasteiger partial charge in [-0.3, -0.25) is 9.59 Å². The minimum absolute atomic E-state index is 0.0517. The van der Waals surface area contributed by atoms with E-state index in [4.69, 9.17) is 5.11 Å². The number of aliphatic carboxylic acids is 1. The molecule has 5 heteroatoms. The van der Waals surface area contributed by atoms with E-state index in [2.05, 4.69) is 6.92 Å². The van der Waals surface area contributed by atoms with E-state index >= 15 is 0 Å². The summed E-state index contributed by atoms with van der Waals surface area (Å²) in [5.41, 5.74) is 0. The lowest BCUT2D eigenvalue weighted by atomic mass is 9.89. The molecular weight excluding hydrogens is 332 g/mol. The smallest absolute Gasteiger partial charge is 0.303 e. The zero-order valence-corrected chi connectivity index (χ0v) is 16.0. The van der Waals surface area contributed by atoms with Gasteiger partial charge in [0.2, 0.25) is 0 Å². The van der Waals surface area contributed by atoms with Crippen LogP contribution in [0.1, 0.15) is 65.2 Å². The van der Waals surface area contributed by atoms with Crippen molar-refractivity contribution in [3.05, 3.63) is 24.3 Å². The summed E-state index contributed by atoms with van der Waals surface area (Å²) >= 11 is 0. The normalized spacial score (nSPS) is 26.0. The van der Waals surface area contributed by atoms with Crippen LogP contribution in [0.3, 0.4) is 0 Å². The quantitative estimate of drug-likeness (QED) is 0.363. The summed E-state index contributed by atoms with van der Waals surface area (Å²) in [6.45, 7) is 4.13. The highest BCUT2D eigenvalue weighted by Crippen LogP contribution is 2.33. The number of hydrogen-bond acceptors (Lipinski definition) is 4. The monoisotopic (exact) mass is 366 g/mol. The Morgan fingerprint density at radius 2 is 2.04 bits per heavy atom. The maximum atomic E-state index is 12.2. The summed E-state index contributed by atoms with van der Waals surface area (Å²) < 4.78 is 0. The topological polar surface area (TPSA) is 94.8 Å². The van der Waals surface area contributed by atoms with Gasteiger partial charge in [0.1, 0.15) is 5.78 Å². The molecule has 148 valence electrons. The molecule has 0 aromatic heterocycles. The van der Waals surface area contributed by atoms with E-state index in [-0.39, 0.29) is 36.4 Å². The SMILES string of the molecule is CCCCC(C)[C@H](O)/C=C/[C@H]1[C@H](O)CC(=O)[C@@H]1C/C=C\CCCC(=O)O. The van der Waals surface area contributed by atoms with Gasteiger partial charge >= 0.3 is 5.97 Å². The van der Waals surface area contributed by atoms with Crippen molar-refractivity contribution in [2.75, 3.05) is 0 Å². The molecule has 5 atom stereocenters. The third-order valence-electron chi connectivity index (χ3n) is 5.18. The van der Waals surface area contributed by atoms with Gasteiger partial charge in [0, 0.05) is 24.7 Å². The highest BCUT2D eigenvalue weighted by Gasteiger charge is 2.39. The van der Waals surface area contributed by atoms with E-state index in [9.17, 15) is 19.8 Å². The molecule has 0 aromatic rings. The van der Waals surface area contributed by atoms with E-state index in [1.54, 1.807) is 6.08 Å². The first-order valence-electron chi connectivity index (χ1n) is 9.80. The number of hydrogen-bond donors (Lipinski definition) is 3. The minimum Gasteiger partial charge on any atom is -0.481 e. The second-order valence-electron chi connectivity index (χ2n) is 7.41. The first-order chi connectivity index (χ1) is 12.4. The second-order valence-corrected chi connectivity index (χ2v) is 7.41. The Morgan fingerprint density at radius 1 is 1.31 bits per heavy atom. The number of carboxylic acids is 1. The fourth-order valence-corrected chi connectivity index (χ4v) is 3.39. The maximum Gasteiger partial charge on any atom is 0.303 e. The molecular formula is C21H34O5. The van der Waals surface area contributed by atoms with Gasteiger partial charge in [-0.25, -0.2) is 0 Å². The van der Waals surface area contributed by atoms with Crippen molar-refractivity contribution in [1.29, 1.82) is 0 Å². The van der Waals surface area contributed by atoms with Gasteiger partial charge in [-0.05, 0) is 31.6 Å². The zero-order valence-electron chi connectivity index (χ0n) is 16.0. The van der Waals surface area contributed by atoms with Crippen LogP contribution in [0.5, 0.6) is 0 Å². The summed E-state index contributed by atoms with van der Waals surface area (Å²) in [6.07, 6.45) is 11.3. The van der Waals surface area contributed by atoms with Crippen LogP contribution in [0.25, 0.3) is 0 Å². The number of unbranched alkanes of at least 4 members (excludes halogenated alkanes) is 2. The number of Topliss-reactive ketones (excluding diaryl/α,β-unsaturated/α-hetero) is 1. The molecule has 0 amide bonds. The van der Waals surface area contributed by atoms with Gasteiger partial charge in [-0.15, -0.1) is 0 Å². The van der Waals surface area contributed by atoms with Gasteiger partial charge in [0.25, 0.3) is 0 Å². The van der Waals surface area contributed by atoms with Crippen molar-refractivity contribution < 1.29 is 24.9 Å². The number of carboxylic acid groups (broad SMARTS) is 1. The average molecular weight is 366 g/mol. The van der Waals surface area contributed by atoms with E-state index in [0.717, 1.165) is 19.3 Å². The Kier molecular flexibility index (Phi) is 10.4. The number of ketones is 1. The summed E-state index contributed by atoms with van der Waals surface area (Å²) in [5.74, 6) is -1.12. The van der Waals surface area contributed by atoms with Crippen molar-refractivity contribution in [2.45, 2.75) is 77.4 Å². The molecule has 1 rings (SSSR count). The predicted molar refractivity (Wildman–Crippen MR) is 102 cm³/mol. The van der Waals surface area contributed by atoms with E-state index < -0.39 is 18.2 Å². The second kappa shape index (κ2) is 12.0. The zero-order chi connectivity index (χ0) is 19.5. The molecule has 26 heavy (non-hydrogen) atoms. The first kappa shape index (κ1) is 22.6. The predicted octanol–water partition coefficient (Wildman–Crippen LogP) is 3.50. The molecule has 0 saturated heterocycles. The molecule has 1 fully saturated rings. The molecule has 3 N–H and O–H groups in total. The Balaban J connectivity index is 2.55. The highest BCUT2D eigenvalue weighted by atomic mass is 16.4. The summed E-state index contributed by atoms with van der Waals surface area (Å²) in [6, 6.07) is 0. The number of carbonyl (C=O) groups is 2. The van der Waals surface area contributed by atoms with Crippen LogP contribution < -0.4 is 0 Å². The number of aliphatic hydroxyl groups excluding tert-OH is 2. The van der Waals surface area contributed by atoms with Crippen LogP contribution in [0, 0.1) is 17.8 Å². The van der Waals surface area contributed by atoms with E-state index in [0.29, 0.717) is 19.3 Å². The molecule has 0 bridgehead atoms. The lowest BCUT2D eigenvalue weighted by Crippen LogP contribution is -2.20. The van der Waals surface area contributed by atoms with Crippen molar-refractivity contribution in [1.82, 2.24) is 0 Å². The van der Waals surface area contributed by atoms with Crippen molar-refractivity contribution >= 4 is 11.8 Å². The molecule has 1 unspecified atom stereocenters. The molecule has 1 aliphatic rings. The summed E-state index contributed by atoms with van der Waals surface area (Å²) in [4.78, 5) is 22.6. The molecule has 1 aliphatic carbocycles. The van der Waals surface area contributed by atoms with Crippen LogP contribution in [0.4, 0.5) is 0 Å². The fraction of sp³-hybridized carbons (Fsp3) is 0.714. The Hall–Kier alpha value is -1.46. The van der Waals surface area contributed by atoms with Gasteiger partial charge in [-0.1, -0.05) is 51.0 Å². The molecule has 0 aromatic carbocycles. The molecule has 0 radical (unpaired) electrons. The standard InChI is InChI=1S/C21H34O5/c1-3-4-9-15(2)18(22)13-12-17-16(19(23)14-20(17)24)10-7-5-6-8-11-21(25)26/h5,7,12-13,15-18,20,22,24H,3-4,6,8-11,14H2,1-2H3,(H,25,26)/b7-5-,13-12+/t15?,16-,17-,18-,20-/m1/s1. The molecule has 5 nitrogen and oxygen atoms in total. The van der Waals surface area contributed by atoms with Crippen molar-refractivity contribution in [2.24, 2.45) is 17.8 Å². The van der Waals surface area contributed by atoms with Crippen LogP contribution in [-0.2, 0) is 9.59 Å². The third kappa shape index (κ3) is 7.83. The van der Waals surface area contributed by atoms with E-state index in [1.807, 2.05) is 25.2 Å². The molecule has 0 spiro atoms. The minimum atomic E-state index is -0.801. The highest BCUT2D eigenvalue weighted by molar-refractivity contribution is 5.84. The average Bonchev–Trinajstić information content (AvgIpc) is 2.86. The molecule has 0 heterocycles. The van der Waals surface area contributed by atoms with Crippen LogP contribution in [-0.4, -0.2) is 39.3 Å². The molecule has 0 aliphatic heterocycles. The molecule has 1 saturated carbocycles. The van der Waals surface area contributed by atoms with Crippen LogP contribution in [0.15, 0.2) is 24.3 Å². The van der Waals surface area contributed by atoms with Gasteiger partial charge in [-0.2, -0.15) is 0 Å². The van der Waals surface area contributed by atoms with E-state index in [1.165, 1.54) is 0 Å². The lowest BCUT2D eigenvalue weighted by molar-refractivity contribution is -0.137. The number of allylic oxidation sites excluding steroid dienone is 2. The maximum absolute atomic E-state index is 12.2. The van der Waals surface area contributed by atoms with Gasteiger partial charge < -0.3 is 15.3 Å². The van der Waals surface area contributed by atoms with Gasteiger partial charge in [0.15, 0.2) is 0 Å². The van der Waals surface area contributed by atoms with Crippen LogP contribution >= 0.6 is 0 Å². The Bertz CT molecular complexity index is 497. The summed E-state index contributed by atoms with van der Waals surface area (Å²) in [7, 11) is 0. The van der Waals surface area contributed by atoms with Crippen molar-refractivity contribution in [3.63, 3.8) is 0 Å². The summed E-state index contributed by atoms with van der Waals surface area (Å²) in [5, 5.41) is 29.0. The first-order valence-corrected chi connectivity index (χ1v) is 9.80. The number of aliphatic hydroxyl groups is 2. The number of rotatable bonds is 12. The third-order valence-corrected chi connectivity index (χ3v) is 5.18. The van der Waals surface area contributed by atoms with Crippen LogP contribution in [0.2, 0.25) is 0 Å².